The van der Waals surface area contributed by atoms with Crippen LogP contribution < -0.4 is 4.74 Å². The van der Waals surface area contributed by atoms with Gasteiger partial charge in [0.15, 0.2) is 0 Å². The Hall–Kier alpha value is -1.22. The fraction of sp³-hybridized carbons (Fsp3) is 0.538. The summed E-state index contributed by atoms with van der Waals surface area (Å²) in [7, 11) is 0. The van der Waals surface area contributed by atoms with Gasteiger partial charge in [-0.25, -0.2) is 0 Å². The molecule has 0 aliphatic carbocycles. The second kappa shape index (κ2) is 4.74. The van der Waals surface area contributed by atoms with Crippen molar-refractivity contribution in [2.24, 2.45) is 0 Å². The number of aromatic hydroxyl groups is 1. The molecular formula is C13H20O3. The lowest BCUT2D eigenvalue weighted by molar-refractivity contribution is 0.0553. The zero-order valence-corrected chi connectivity index (χ0v) is 10.4. The first-order valence-corrected chi connectivity index (χ1v) is 5.45. The molecule has 1 rings (SSSR count). The van der Waals surface area contributed by atoms with Crippen LogP contribution in [0, 0.1) is 13.8 Å². The molecule has 0 heterocycles. The summed E-state index contributed by atoms with van der Waals surface area (Å²) in [6.45, 7) is 7.65. The van der Waals surface area contributed by atoms with Crippen molar-refractivity contribution in [3.63, 3.8) is 0 Å². The van der Waals surface area contributed by atoms with Gasteiger partial charge in [-0.1, -0.05) is 0 Å². The van der Waals surface area contributed by atoms with Crippen LogP contribution >= 0.6 is 0 Å². The zero-order valence-electron chi connectivity index (χ0n) is 10.4. The molecule has 0 spiro atoms. The number of aliphatic hydroxyl groups is 1. The molecular weight excluding hydrogens is 204 g/mol. The Morgan fingerprint density at radius 1 is 1.19 bits per heavy atom. The van der Waals surface area contributed by atoms with Gasteiger partial charge in [0.05, 0.1) is 12.2 Å². The molecule has 2 N–H and O–H groups in total. The van der Waals surface area contributed by atoms with Crippen LogP contribution in [0.15, 0.2) is 12.1 Å². The van der Waals surface area contributed by atoms with E-state index in [1.165, 1.54) is 0 Å². The fourth-order valence-electron chi connectivity index (χ4n) is 1.42. The smallest absolute Gasteiger partial charge is 0.121 e. The summed E-state index contributed by atoms with van der Waals surface area (Å²) < 4.78 is 5.53. The van der Waals surface area contributed by atoms with Crippen LogP contribution in [-0.2, 0) is 0 Å². The van der Waals surface area contributed by atoms with E-state index in [4.69, 9.17) is 4.74 Å². The van der Waals surface area contributed by atoms with Crippen molar-refractivity contribution in [1.82, 2.24) is 0 Å². The zero-order chi connectivity index (χ0) is 12.3. The first-order valence-electron chi connectivity index (χ1n) is 5.45. The highest BCUT2D eigenvalue weighted by molar-refractivity contribution is 5.44. The van der Waals surface area contributed by atoms with Gasteiger partial charge in [-0.3, -0.25) is 0 Å². The standard InChI is InChI=1S/C13H20O3/c1-9-7-11(8-10(2)12(9)14)16-6-5-13(3,4)15/h7-8,14-15H,5-6H2,1-4H3. The first-order chi connectivity index (χ1) is 7.29. The Balaban J connectivity index is 2.62. The van der Waals surface area contributed by atoms with E-state index in [0.717, 1.165) is 16.9 Å². The molecule has 0 unspecified atom stereocenters. The minimum absolute atomic E-state index is 0.315. The predicted molar refractivity (Wildman–Crippen MR) is 64.0 cm³/mol. The number of hydrogen-bond donors (Lipinski definition) is 2. The molecule has 0 saturated heterocycles. The quantitative estimate of drug-likeness (QED) is 0.826. The monoisotopic (exact) mass is 224 g/mol. The van der Waals surface area contributed by atoms with E-state index in [1.54, 1.807) is 26.0 Å². The van der Waals surface area contributed by atoms with Gasteiger partial charge in [0, 0.05) is 6.42 Å². The summed E-state index contributed by atoms with van der Waals surface area (Å²) in [5, 5.41) is 19.1. The summed E-state index contributed by atoms with van der Waals surface area (Å²) >= 11 is 0. The van der Waals surface area contributed by atoms with Crippen molar-refractivity contribution < 1.29 is 14.9 Å². The molecule has 1 aromatic rings. The molecule has 16 heavy (non-hydrogen) atoms. The number of ether oxygens (including phenoxy) is 1. The number of phenolic OH excluding ortho intramolecular Hbond substituents is 1. The number of phenols is 1. The number of benzene rings is 1. The molecule has 0 saturated carbocycles. The Labute approximate surface area is 96.7 Å². The largest absolute Gasteiger partial charge is 0.507 e. The van der Waals surface area contributed by atoms with Crippen molar-refractivity contribution in [3.05, 3.63) is 23.3 Å². The van der Waals surface area contributed by atoms with Crippen LogP contribution in [0.1, 0.15) is 31.4 Å². The second-order valence-corrected chi connectivity index (χ2v) is 4.82. The van der Waals surface area contributed by atoms with Crippen molar-refractivity contribution in [3.8, 4) is 11.5 Å². The average Bonchev–Trinajstić information content (AvgIpc) is 2.12. The van der Waals surface area contributed by atoms with E-state index < -0.39 is 5.60 Å². The van der Waals surface area contributed by atoms with Crippen LogP contribution in [0.3, 0.4) is 0 Å². The summed E-state index contributed by atoms with van der Waals surface area (Å²) in [6.07, 6.45) is 0.575. The normalized spacial score (nSPS) is 11.6. The van der Waals surface area contributed by atoms with Gasteiger partial charge < -0.3 is 14.9 Å². The Morgan fingerprint density at radius 2 is 1.69 bits per heavy atom. The molecule has 3 nitrogen and oxygen atoms in total. The topological polar surface area (TPSA) is 49.7 Å². The lowest BCUT2D eigenvalue weighted by Crippen LogP contribution is -2.21. The fourth-order valence-corrected chi connectivity index (χ4v) is 1.42. The van der Waals surface area contributed by atoms with E-state index in [2.05, 4.69) is 0 Å². The third-order valence-corrected chi connectivity index (χ3v) is 2.45. The molecule has 1 aromatic carbocycles. The maximum Gasteiger partial charge on any atom is 0.121 e. The Bertz CT molecular complexity index is 341. The van der Waals surface area contributed by atoms with Gasteiger partial charge >= 0.3 is 0 Å². The van der Waals surface area contributed by atoms with Crippen molar-refractivity contribution in [2.75, 3.05) is 6.61 Å². The van der Waals surface area contributed by atoms with E-state index in [9.17, 15) is 10.2 Å². The average molecular weight is 224 g/mol. The lowest BCUT2D eigenvalue weighted by Gasteiger charge is -2.17. The third kappa shape index (κ3) is 3.74. The third-order valence-electron chi connectivity index (χ3n) is 2.45. The van der Waals surface area contributed by atoms with Crippen molar-refractivity contribution >= 4 is 0 Å². The van der Waals surface area contributed by atoms with E-state index >= 15 is 0 Å². The van der Waals surface area contributed by atoms with Gasteiger partial charge in [0.2, 0.25) is 0 Å². The molecule has 0 amide bonds. The highest BCUT2D eigenvalue weighted by Crippen LogP contribution is 2.27. The Morgan fingerprint density at radius 3 is 2.12 bits per heavy atom. The summed E-state index contributed by atoms with van der Waals surface area (Å²) in [6, 6.07) is 3.60. The molecule has 0 aromatic heterocycles. The van der Waals surface area contributed by atoms with Gasteiger partial charge in [-0.2, -0.15) is 0 Å². The minimum Gasteiger partial charge on any atom is -0.507 e. The number of rotatable bonds is 4. The van der Waals surface area contributed by atoms with Crippen LogP contribution in [0.4, 0.5) is 0 Å². The minimum atomic E-state index is -0.707. The molecule has 3 heteroatoms. The van der Waals surface area contributed by atoms with Crippen LogP contribution in [0.2, 0.25) is 0 Å². The Kier molecular flexibility index (Phi) is 3.81. The number of hydrogen-bond acceptors (Lipinski definition) is 3. The first kappa shape index (κ1) is 12.8. The maximum absolute atomic E-state index is 9.59. The van der Waals surface area contributed by atoms with Crippen LogP contribution in [-0.4, -0.2) is 22.4 Å². The summed E-state index contributed by atoms with van der Waals surface area (Å²) in [5.41, 5.74) is 0.901. The molecule has 0 fully saturated rings. The van der Waals surface area contributed by atoms with Crippen LogP contribution in [0.5, 0.6) is 11.5 Å². The van der Waals surface area contributed by atoms with E-state index in [1.807, 2.05) is 13.8 Å². The van der Waals surface area contributed by atoms with Gasteiger partial charge in [0.25, 0.3) is 0 Å². The van der Waals surface area contributed by atoms with Gasteiger partial charge in [0.1, 0.15) is 11.5 Å². The highest BCUT2D eigenvalue weighted by Gasteiger charge is 2.12. The maximum atomic E-state index is 9.59. The highest BCUT2D eigenvalue weighted by atomic mass is 16.5. The van der Waals surface area contributed by atoms with Gasteiger partial charge in [-0.15, -0.1) is 0 Å². The summed E-state index contributed by atoms with van der Waals surface area (Å²) in [4.78, 5) is 0. The van der Waals surface area contributed by atoms with Crippen molar-refractivity contribution in [2.45, 2.75) is 39.7 Å². The predicted octanol–water partition coefficient (Wildman–Crippen LogP) is 2.55. The van der Waals surface area contributed by atoms with Crippen LogP contribution in [0.25, 0.3) is 0 Å². The van der Waals surface area contributed by atoms with E-state index in [0.29, 0.717) is 18.8 Å². The van der Waals surface area contributed by atoms with Gasteiger partial charge in [-0.05, 0) is 51.0 Å². The molecule has 0 aliphatic heterocycles. The molecule has 0 radical (unpaired) electrons. The number of aryl methyl sites for hydroxylation is 2. The molecule has 0 bridgehead atoms. The summed E-state index contributed by atoms with van der Waals surface area (Å²) in [5.74, 6) is 1.05. The van der Waals surface area contributed by atoms with Crippen molar-refractivity contribution in [1.29, 1.82) is 0 Å². The molecule has 90 valence electrons. The molecule has 0 atom stereocenters. The SMILES string of the molecule is Cc1cc(OCCC(C)(C)O)cc(C)c1O. The second-order valence-electron chi connectivity index (χ2n) is 4.82. The lowest BCUT2D eigenvalue weighted by atomic mass is 10.1. The van der Waals surface area contributed by atoms with E-state index in [-0.39, 0.29) is 0 Å². The molecule has 0 aliphatic rings.